The van der Waals surface area contributed by atoms with E-state index in [0.29, 0.717) is 0 Å². The number of nitrogens with one attached hydrogen (secondary N) is 1. The standard InChI is InChI=1S/C13H21NO10/c15-4-6-9(17)10(18)8(13(23)24-6)14-7(16)3-1-2-5(11(19)20)12(21)22/h5-6,8-10,13,15,17-18,23H,1-4H2,(H,14,16)(H,19,20)(H,21,22)/t6-,8-,9-,10-,13?/m1/s1. The molecule has 0 aromatic heterocycles. The highest BCUT2D eigenvalue weighted by Crippen LogP contribution is 2.20. The SMILES string of the molecule is O=C(CCCC(C(=O)O)C(=O)O)N[C@H]1C(O)O[C@H](CO)[C@@H](O)[C@@H]1O. The van der Waals surface area contributed by atoms with Crippen molar-refractivity contribution in [2.75, 3.05) is 6.61 Å². The van der Waals surface area contributed by atoms with E-state index in [1.807, 2.05) is 0 Å². The van der Waals surface area contributed by atoms with Gasteiger partial charge in [-0.25, -0.2) is 0 Å². The molecule has 1 saturated heterocycles. The van der Waals surface area contributed by atoms with Crippen molar-refractivity contribution in [2.45, 2.75) is 49.9 Å². The molecule has 138 valence electrons. The Morgan fingerprint density at radius 3 is 2.12 bits per heavy atom. The molecule has 1 aliphatic heterocycles. The number of carboxylic acids is 2. The molecule has 0 aromatic rings. The van der Waals surface area contributed by atoms with Gasteiger partial charge in [0, 0.05) is 6.42 Å². The van der Waals surface area contributed by atoms with Gasteiger partial charge in [-0.15, -0.1) is 0 Å². The normalized spacial score (nSPS) is 30.1. The van der Waals surface area contributed by atoms with E-state index in [1.165, 1.54) is 0 Å². The maximum absolute atomic E-state index is 11.8. The summed E-state index contributed by atoms with van der Waals surface area (Å²) in [6, 6.07) is -1.34. The van der Waals surface area contributed by atoms with Gasteiger partial charge in [-0.2, -0.15) is 0 Å². The highest BCUT2D eigenvalue weighted by atomic mass is 16.6. The molecule has 5 atom stereocenters. The lowest BCUT2D eigenvalue weighted by molar-refractivity contribution is -0.253. The number of carboxylic acid groups (broad SMARTS) is 2. The quantitative estimate of drug-likeness (QED) is 0.220. The van der Waals surface area contributed by atoms with Crippen LogP contribution in [0.3, 0.4) is 0 Å². The van der Waals surface area contributed by atoms with Crippen LogP contribution in [0.5, 0.6) is 0 Å². The van der Waals surface area contributed by atoms with E-state index in [2.05, 4.69) is 5.32 Å². The average molecular weight is 351 g/mol. The van der Waals surface area contributed by atoms with Gasteiger partial charge >= 0.3 is 11.9 Å². The van der Waals surface area contributed by atoms with Crippen LogP contribution in [0.15, 0.2) is 0 Å². The largest absolute Gasteiger partial charge is 0.481 e. The molecule has 0 aliphatic carbocycles. The van der Waals surface area contributed by atoms with E-state index in [1.54, 1.807) is 0 Å². The van der Waals surface area contributed by atoms with Crippen molar-refractivity contribution in [3.8, 4) is 0 Å². The third-order valence-corrected chi connectivity index (χ3v) is 3.72. The monoisotopic (exact) mass is 351 g/mol. The van der Waals surface area contributed by atoms with Crippen LogP contribution in [0.1, 0.15) is 19.3 Å². The second-order valence-corrected chi connectivity index (χ2v) is 5.44. The molecule has 0 bridgehead atoms. The number of hydrogen-bond acceptors (Lipinski definition) is 8. The first kappa shape index (κ1) is 20.3. The Morgan fingerprint density at radius 2 is 1.62 bits per heavy atom. The molecule has 0 spiro atoms. The summed E-state index contributed by atoms with van der Waals surface area (Å²) in [6.07, 6.45) is -6.51. The summed E-state index contributed by atoms with van der Waals surface area (Å²) in [5.41, 5.74) is 0. The van der Waals surface area contributed by atoms with Gasteiger partial charge in [0.2, 0.25) is 5.91 Å². The van der Waals surface area contributed by atoms with Gasteiger partial charge in [-0.05, 0) is 12.8 Å². The Kier molecular flexibility index (Phi) is 7.51. The van der Waals surface area contributed by atoms with Gasteiger partial charge < -0.3 is 40.7 Å². The smallest absolute Gasteiger partial charge is 0.317 e. The number of carbonyl (C=O) groups is 3. The number of carbonyl (C=O) groups excluding carboxylic acids is 1. The summed E-state index contributed by atoms with van der Waals surface area (Å²) in [4.78, 5) is 33.2. The minimum Gasteiger partial charge on any atom is -0.481 e. The van der Waals surface area contributed by atoms with Gasteiger partial charge in [0.1, 0.15) is 24.4 Å². The van der Waals surface area contributed by atoms with Gasteiger partial charge in [0.05, 0.1) is 6.61 Å². The fourth-order valence-corrected chi connectivity index (χ4v) is 2.33. The summed E-state index contributed by atoms with van der Waals surface area (Å²) >= 11 is 0. The van der Waals surface area contributed by atoms with Crippen molar-refractivity contribution in [3.05, 3.63) is 0 Å². The van der Waals surface area contributed by atoms with Crippen LogP contribution in [0, 0.1) is 5.92 Å². The molecule has 1 aliphatic rings. The first-order valence-corrected chi connectivity index (χ1v) is 7.24. The molecule has 11 heteroatoms. The van der Waals surface area contributed by atoms with E-state index >= 15 is 0 Å². The van der Waals surface area contributed by atoms with E-state index in [-0.39, 0.29) is 19.3 Å². The van der Waals surface area contributed by atoms with Crippen molar-refractivity contribution in [1.29, 1.82) is 0 Å². The Balaban J connectivity index is 2.50. The number of hydrogen-bond donors (Lipinski definition) is 7. The van der Waals surface area contributed by atoms with Crippen molar-refractivity contribution in [1.82, 2.24) is 5.32 Å². The van der Waals surface area contributed by atoms with Gasteiger partial charge in [0.25, 0.3) is 0 Å². The summed E-state index contributed by atoms with van der Waals surface area (Å²) in [5.74, 6) is -5.33. The molecule has 1 fully saturated rings. The molecular weight excluding hydrogens is 330 g/mol. The number of aliphatic hydroxyl groups is 4. The van der Waals surface area contributed by atoms with Gasteiger partial charge in [0.15, 0.2) is 12.2 Å². The Morgan fingerprint density at radius 1 is 1.04 bits per heavy atom. The van der Waals surface area contributed by atoms with E-state index in [0.717, 1.165) is 0 Å². The minimum atomic E-state index is -1.66. The zero-order chi connectivity index (χ0) is 18.4. The van der Waals surface area contributed by atoms with E-state index in [4.69, 9.17) is 20.1 Å². The molecule has 1 amide bonds. The predicted octanol–water partition coefficient (Wildman–Crippen LogP) is -3.14. The van der Waals surface area contributed by atoms with Crippen molar-refractivity contribution >= 4 is 17.8 Å². The maximum Gasteiger partial charge on any atom is 0.317 e. The lowest BCUT2D eigenvalue weighted by Crippen LogP contribution is -2.64. The summed E-state index contributed by atoms with van der Waals surface area (Å²) in [7, 11) is 0. The average Bonchev–Trinajstić information content (AvgIpc) is 2.50. The maximum atomic E-state index is 11.8. The van der Waals surface area contributed by atoms with Crippen molar-refractivity contribution in [3.63, 3.8) is 0 Å². The number of aliphatic hydroxyl groups excluding tert-OH is 4. The molecule has 24 heavy (non-hydrogen) atoms. The summed E-state index contributed by atoms with van der Waals surface area (Å²) < 4.78 is 4.86. The zero-order valence-corrected chi connectivity index (χ0v) is 12.6. The lowest BCUT2D eigenvalue weighted by Gasteiger charge is -2.40. The molecule has 11 nitrogen and oxygen atoms in total. The van der Waals surface area contributed by atoms with Crippen LogP contribution in [0.25, 0.3) is 0 Å². The topological polar surface area (TPSA) is 194 Å². The second-order valence-electron chi connectivity index (χ2n) is 5.44. The summed E-state index contributed by atoms with van der Waals surface area (Å²) in [6.45, 7) is -0.637. The van der Waals surface area contributed by atoms with Crippen molar-refractivity contribution in [2.24, 2.45) is 5.92 Å². The fourth-order valence-electron chi connectivity index (χ4n) is 2.33. The first-order chi connectivity index (χ1) is 11.2. The van der Waals surface area contributed by atoms with Crippen molar-refractivity contribution < 1.29 is 49.8 Å². The van der Waals surface area contributed by atoms with Gasteiger partial charge in [-0.1, -0.05) is 0 Å². The molecule has 0 saturated carbocycles. The first-order valence-electron chi connectivity index (χ1n) is 7.24. The van der Waals surface area contributed by atoms with E-state index < -0.39 is 61.0 Å². The number of amides is 1. The van der Waals surface area contributed by atoms with Crippen LogP contribution in [-0.4, -0.2) is 85.7 Å². The minimum absolute atomic E-state index is 0.0450. The molecule has 1 unspecified atom stereocenters. The molecule has 1 rings (SSSR count). The summed E-state index contributed by atoms with van der Waals surface area (Å²) in [5, 5.41) is 57.8. The molecule has 0 aromatic carbocycles. The van der Waals surface area contributed by atoms with Crippen LogP contribution in [0.2, 0.25) is 0 Å². The third kappa shape index (κ3) is 5.11. The highest BCUT2D eigenvalue weighted by molar-refractivity contribution is 5.92. The van der Waals surface area contributed by atoms with E-state index in [9.17, 15) is 29.7 Å². The number of aliphatic carboxylic acids is 2. The number of ether oxygens (including phenoxy) is 1. The Labute approximate surface area is 136 Å². The third-order valence-electron chi connectivity index (χ3n) is 3.72. The Hall–Kier alpha value is -1.79. The van der Waals surface area contributed by atoms with Crippen LogP contribution < -0.4 is 5.32 Å². The fraction of sp³-hybridized carbons (Fsp3) is 0.769. The second kappa shape index (κ2) is 8.89. The predicted molar refractivity (Wildman–Crippen MR) is 74.5 cm³/mol. The molecule has 1 heterocycles. The molecule has 0 radical (unpaired) electrons. The Bertz CT molecular complexity index is 456. The van der Waals surface area contributed by atoms with Crippen LogP contribution in [-0.2, 0) is 19.1 Å². The highest BCUT2D eigenvalue weighted by Gasteiger charge is 2.44. The zero-order valence-electron chi connectivity index (χ0n) is 12.6. The molecule has 7 N–H and O–H groups in total. The van der Waals surface area contributed by atoms with Crippen LogP contribution >= 0.6 is 0 Å². The lowest BCUT2D eigenvalue weighted by atomic mass is 9.96. The van der Waals surface area contributed by atoms with Crippen LogP contribution in [0.4, 0.5) is 0 Å². The van der Waals surface area contributed by atoms with Gasteiger partial charge in [-0.3, -0.25) is 14.4 Å². The number of rotatable bonds is 8. The molecular formula is C13H21NO10.